The Hall–Kier alpha value is -1.62. The van der Waals surface area contributed by atoms with E-state index in [4.69, 9.17) is 10.5 Å². The van der Waals surface area contributed by atoms with Gasteiger partial charge in [0.1, 0.15) is 5.82 Å². The number of nitrogen functional groups attached to an aromatic ring is 1. The van der Waals surface area contributed by atoms with Gasteiger partial charge < -0.3 is 10.5 Å². The molecule has 17 heavy (non-hydrogen) atoms. The van der Waals surface area contributed by atoms with Crippen molar-refractivity contribution in [3.8, 4) is 0 Å². The van der Waals surface area contributed by atoms with Crippen molar-refractivity contribution >= 4 is 11.8 Å². The number of likely N-dealkylation sites (tertiary alicyclic amines) is 1. The van der Waals surface area contributed by atoms with Gasteiger partial charge in [0.15, 0.2) is 0 Å². The van der Waals surface area contributed by atoms with E-state index in [1.165, 1.54) is 7.11 Å². The molecule has 2 rings (SSSR count). The van der Waals surface area contributed by atoms with Gasteiger partial charge in [0.25, 0.3) is 0 Å². The summed E-state index contributed by atoms with van der Waals surface area (Å²) in [5, 5.41) is 0. The largest absolute Gasteiger partial charge is 0.469 e. The maximum absolute atomic E-state index is 11.4. The molecule has 92 valence electrons. The molecule has 0 aromatic carbocycles. The van der Waals surface area contributed by atoms with Crippen molar-refractivity contribution in [2.24, 2.45) is 5.92 Å². The molecule has 1 aromatic rings. The molecule has 1 aliphatic heterocycles. The minimum atomic E-state index is -0.118. The summed E-state index contributed by atoms with van der Waals surface area (Å²) in [5.41, 5.74) is 6.57. The third-order valence-electron chi connectivity index (χ3n) is 3.02. The zero-order valence-corrected chi connectivity index (χ0v) is 9.93. The van der Waals surface area contributed by atoms with Crippen LogP contribution in [0, 0.1) is 5.92 Å². The van der Waals surface area contributed by atoms with Gasteiger partial charge in [-0.1, -0.05) is 6.07 Å². The summed E-state index contributed by atoms with van der Waals surface area (Å²) < 4.78 is 4.75. The number of hydrogen-bond donors (Lipinski definition) is 1. The normalized spacial score (nSPS) is 20.4. The lowest BCUT2D eigenvalue weighted by Gasteiger charge is -2.14. The lowest BCUT2D eigenvalue weighted by atomic mass is 10.1. The van der Waals surface area contributed by atoms with Crippen LogP contribution in [0.25, 0.3) is 0 Å². The fraction of sp³-hybridized carbons (Fsp3) is 0.500. The molecule has 0 bridgehead atoms. The summed E-state index contributed by atoms with van der Waals surface area (Å²) >= 11 is 0. The number of nitrogens with two attached hydrogens (primary N) is 1. The van der Waals surface area contributed by atoms with E-state index in [2.05, 4.69) is 9.88 Å². The lowest BCUT2D eigenvalue weighted by Crippen LogP contribution is -2.24. The van der Waals surface area contributed by atoms with Crippen molar-refractivity contribution in [3.63, 3.8) is 0 Å². The van der Waals surface area contributed by atoms with E-state index in [1.807, 2.05) is 12.1 Å². The quantitative estimate of drug-likeness (QED) is 0.779. The monoisotopic (exact) mass is 235 g/mol. The Morgan fingerprint density at radius 3 is 3.18 bits per heavy atom. The maximum atomic E-state index is 11.4. The van der Waals surface area contributed by atoms with Gasteiger partial charge in [0.2, 0.25) is 0 Å². The highest BCUT2D eigenvalue weighted by Gasteiger charge is 2.28. The number of pyridine rings is 1. The third-order valence-corrected chi connectivity index (χ3v) is 3.02. The smallest absolute Gasteiger partial charge is 0.310 e. The van der Waals surface area contributed by atoms with Crippen LogP contribution < -0.4 is 5.73 Å². The van der Waals surface area contributed by atoms with Gasteiger partial charge in [-0.25, -0.2) is 4.98 Å². The van der Waals surface area contributed by atoms with Crippen LogP contribution in [0.15, 0.2) is 18.2 Å². The molecular formula is C12H17N3O2. The summed E-state index contributed by atoms with van der Waals surface area (Å²) in [6.45, 7) is 2.37. The van der Waals surface area contributed by atoms with Gasteiger partial charge in [-0.15, -0.1) is 0 Å². The third kappa shape index (κ3) is 2.94. The number of carbonyl (C=O) groups excluding carboxylic acids is 1. The first-order chi connectivity index (χ1) is 8.19. The number of nitrogens with zero attached hydrogens (tertiary/aromatic N) is 2. The first-order valence-corrected chi connectivity index (χ1v) is 5.70. The van der Waals surface area contributed by atoms with E-state index in [0.29, 0.717) is 5.82 Å². The zero-order chi connectivity index (χ0) is 12.3. The summed E-state index contributed by atoms with van der Waals surface area (Å²) in [7, 11) is 1.43. The van der Waals surface area contributed by atoms with E-state index in [0.717, 1.165) is 31.7 Å². The van der Waals surface area contributed by atoms with Crippen LogP contribution in [0.4, 0.5) is 5.82 Å². The van der Waals surface area contributed by atoms with Gasteiger partial charge in [-0.2, -0.15) is 0 Å². The highest BCUT2D eigenvalue weighted by atomic mass is 16.5. The van der Waals surface area contributed by atoms with Gasteiger partial charge >= 0.3 is 5.97 Å². The minimum absolute atomic E-state index is 0.000981. The van der Waals surface area contributed by atoms with Crippen molar-refractivity contribution in [3.05, 3.63) is 23.9 Å². The Kier molecular flexibility index (Phi) is 3.58. The number of methoxy groups -OCH3 is 1. The molecule has 0 aliphatic carbocycles. The van der Waals surface area contributed by atoms with Crippen LogP contribution in [-0.4, -0.2) is 36.1 Å². The molecule has 1 saturated heterocycles. The Bertz CT molecular complexity index is 408. The van der Waals surface area contributed by atoms with E-state index >= 15 is 0 Å². The molecule has 0 amide bonds. The van der Waals surface area contributed by atoms with Crippen molar-refractivity contribution in [1.29, 1.82) is 0 Å². The maximum Gasteiger partial charge on any atom is 0.310 e. The van der Waals surface area contributed by atoms with Crippen LogP contribution >= 0.6 is 0 Å². The second kappa shape index (κ2) is 5.14. The zero-order valence-electron chi connectivity index (χ0n) is 9.93. The molecule has 0 spiro atoms. The summed E-state index contributed by atoms with van der Waals surface area (Å²) in [4.78, 5) is 17.8. The molecule has 1 aromatic heterocycles. The summed E-state index contributed by atoms with van der Waals surface area (Å²) in [5.74, 6) is 0.417. The van der Waals surface area contributed by atoms with E-state index < -0.39 is 0 Å². The lowest BCUT2D eigenvalue weighted by molar-refractivity contribution is -0.144. The first kappa shape index (κ1) is 11.9. The van der Waals surface area contributed by atoms with E-state index in [9.17, 15) is 4.79 Å². The van der Waals surface area contributed by atoms with Crippen molar-refractivity contribution in [1.82, 2.24) is 9.88 Å². The SMILES string of the molecule is COC(=O)C1CCN(Cc2cccc(N)n2)C1. The topological polar surface area (TPSA) is 68.5 Å². The number of hydrogen-bond acceptors (Lipinski definition) is 5. The van der Waals surface area contributed by atoms with Crippen molar-refractivity contribution in [2.75, 3.05) is 25.9 Å². The van der Waals surface area contributed by atoms with E-state index in [-0.39, 0.29) is 11.9 Å². The predicted molar refractivity (Wildman–Crippen MR) is 64.0 cm³/mol. The molecule has 1 fully saturated rings. The van der Waals surface area contributed by atoms with Gasteiger partial charge in [-0.3, -0.25) is 9.69 Å². The molecule has 1 aliphatic rings. The molecule has 2 N–H and O–H groups in total. The standard InChI is InChI=1S/C12H17N3O2/c1-17-12(16)9-5-6-15(7-9)8-10-3-2-4-11(13)14-10/h2-4,9H,5-8H2,1H3,(H2,13,14). The average Bonchev–Trinajstić information content (AvgIpc) is 2.76. The predicted octanol–water partition coefficient (Wildman–Crippen LogP) is 0.659. The van der Waals surface area contributed by atoms with Gasteiger partial charge in [-0.05, 0) is 25.1 Å². The van der Waals surface area contributed by atoms with Crippen LogP contribution in [0.1, 0.15) is 12.1 Å². The molecule has 0 saturated carbocycles. The number of esters is 1. The minimum Gasteiger partial charge on any atom is -0.469 e. The van der Waals surface area contributed by atoms with Crippen LogP contribution in [0.5, 0.6) is 0 Å². The highest BCUT2D eigenvalue weighted by molar-refractivity contribution is 5.72. The fourth-order valence-corrected chi connectivity index (χ4v) is 2.15. The van der Waals surface area contributed by atoms with Crippen molar-refractivity contribution in [2.45, 2.75) is 13.0 Å². The fourth-order valence-electron chi connectivity index (χ4n) is 2.15. The van der Waals surface area contributed by atoms with Gasteiger partial charge in [0, 0.05) is 13.1 Å². The number of rotatable bonds is 3. The second-order valence-corrected chi connectivity index (χ2v) is 4.30. The van der Waals surface area contributed by atoms with E-state index in [1.54, 1.807) is 6.07 Å². The molecular weight excluding hydrogens is 218 g/mol. The Balaban J connectivity index is 1.92. The molecule has 1 atom stereocenters. The molecule has 5 nitrogen and oxygen atoms in total. The summed E-state index contributed by atoms with van der Waals surface area (Å²) in [6.07, 6.45) is 0.856. The molecule has 2 heterocycles. The number of anilines is 1. The highest BCUT2D eigenvalue weighted by Crippen LogP contribution is 2.19. The molecule has 0 radical (unpaired) electrons. The number of aromatic nitrogens is 1. The Morgan fingerprint density at radius 2 is 2.47 bits per heavy atom. The molecule has 1 unspecified atom stereocenters. The van der Waals surface area contributed by atoms with Crippen molar-refractivity contribution < 1.29 is 9.53 Å². The average molecular weight is 235 g/mol. The first-order valence-electron chi connectivity index (χ1n) is 5.70. The number of carbonyl (C=O) groups is 1. The van der Waals surface area contributed by atoms with Crippen LogP contribution in [0.2, 0.25) is 0 Å². The summed E-state index contributed by atoms with van der Waals surface area (Å²) in [6, 6.07) is 5.61. The van der Waals surface area contributed by atoms with Gasteiger partial charge in [0.05, 0.1) is 18.7 Å². The Labute approximate surface area is 101 Å². The number of ether oxygens (including phenoxy) is 1. The van der Waals surface area contributed by atoms with Crippen LogP contribution in [0.3, 0.4) is 0 Å². The van der Waals surface area contributed by atoms with Crippen LogP contribution in [-0.2, 0) is 16.1 Å². The second-order valence-electron chi connectivity index (χ2n) is 4.30. The molecule has 5 heteroatoms. The Morgan fingerprint density at radius 1 is 1.65 bits per heavy atom.